The van der Waals surface area contributed by atoms with Crippen LogP contribution in [0, 0.1) is 13.8 Å². The van der Waals surface area contributed by atoms with Gasteiger partial charge in [0.25, 0.3) is 0 Å². The van der Waals surface area contributed by atoms with Crippen LogP contribution in [-0.4, -0.2) is 21.0 Å². The number of aromatic carboxylic acids is 1. The third-order valence-corrected chi connectivity index (χ3v) is 3.46. The Labute approximate surface area is 122 Å². The van der Waals surface area contributed by atoms with E-state index in [-0.39, 0.29) is 5.56 Å². The first-order chi connectivity index (χ1) is 10.1. The number of hydrogen-bond acceptors (Lipinski definition) is 3. The summed E-state index contributed by atoms with van der Waals surface area (Å²) >= 11 is 0. The van der Waals surface area contributed by atoms with Gasteiger partial charge in [-0.15, -0.1) is 0 Å². The van der Waals surface area contributed by atoms with Gasteiger partial charge in [-0.2, -0.15) is 0 Å². The Morgan fingerprint density at radius 1 is 1.10 bits per heavy atom. The van der Waals surface area contributed by atoms with E-state index < -0.39 is 5.97 Å². The van der Waals surface area contributed by atoms with Crippen molar-refractivity contribution >= 4 is 16.9 Å². The maximum Gasteiger partial charge on any atom is 0.336 e. The fourth-order valence-electron chi connectivity index (χ4n) is 2.59. The summed E-state index contributed by atoms with van der Waals surface area (Å²) in [6, 6.07) is 9.16. The molecule has 104 valence electrons. The number of aromatic nitrogens is 2. The Morgan fingerprint density at radius 3 is 2.48 bits per heavy atom. The van der Waals surface area contributed by atoms with E-state index in [1.54, 1.807) is 18.5 Å². The zero-order chi connectivity index (χ0) is 15.0. The summed E-state index contributed by atoms with van der Waals surface area (Å²) in [5.41, 5.74) is 4.48. The van der Waals surface area contributed by atoms with Gasteiger partial charge in [-0.05, 0) is 49.2 Å². The molecule has 0 bridgehead atoms. The van der Waals surface area contributed by atoms with Crippen LogP contribution >= 0.6 is 0 Å². The van der Waals surface area contributed by atoms with Crippen LogP contribution in [0.4, 0.5) is 0 Å². The van der Waals surface area contributed by atoms with Gasteiger partial charge in [-0.25, -0.2) is 9.78 Å². The van der Waals surface area contributed by atoms with Gasteiger partial charge in [-0.3, -0.25) is 4.98 Å². The van der Waals surface area contributed by atoms with Gasteiger partial charge in [0, 0.05) is 23.3 Å². The van der Waals surface area contributed by atoms with Crippen LogP contribution in [0.2, 0.25) is 0 Å². The number of benzene rings is 1. The molecule has 1 N–H and O–H groups in total. The molecule has 0 unspecified atom stereocenters. The summed E-state index contributed by atoms with van der Waals surface area (Å²) in [6.45, 7) is 3.89. The fourth-order valence-corrected chi connectivity index (χ4v) is 2.59. The Kier molecular flexibility index (Phi) is 3.14. The lowest BCUT2D eigenvalue weighted by Gasteiger charge is -2.10. The van der Waals surface area contributed by atoms with Gasteiger partial charge >= 0.3 is 5.97 Å². The zero-order valence-electron chi connectivity index (χ0n) is 11.8. The largest absolute Gasteiger partial charge is 0.478 e. The predicted octanol–water partition coefficient (Wildman–Crippen LogP) is 3.61. The monoisotopic (exact) mass is 278 g/mol. The van der Waals surface area contributed by atoms with Crippen molar-refractivity contribution in [1.82, 2.24) is 9.97 Å². The Morgan fingerprint density at radius 2 is 1.81 bits per heavy atom. The van der Waals surface area contributed by atoms with Crippen molar-refractivity contribution < 1.29 is 9.90 Å². The molecule has 21 heavy (non-hydrogen) atoms. The van der Waals surface area contributed by atoms with E-state index in [1.807, 2.05) is 38.1 Å². The molecule has 0 fully saturated rings. The van der Waals surface area contributed by atoms with E-state index in [0.717, 1.165) is 16.7 Å². The molecule has 4 nitrogen and oxygen atoms in total. The molecule has 1 aromatic carbocycles. The Balaban J connectivity index is 2.38. The van der Waals surface area contributed by atoms with E-state index in [4.69, 9.17) is 0 Å². The Bertz CT molecular complexity index is 842. The zero-order valence-corrected chi connectivity index (χ0v) is 11.8. The van der Waals surface area contributed by atoms with Crippen molar-refractivity contribution in [2.75, 3.05) is 0 Å². The third-order valence-electron chi connectivity index (χ3n) is 3.46. The number of nitrogens with zero attached hydrogens (tertiary/aromatic N) is 2. The van der Waals surface area contributed by atoms with Crippen LogP contribution < -0.4 is 0 Å². The molecule has 3 rings (SSSR count). The van der Waals surface area contributed by atoms with E-state index in [0.29, 0.717) is 16.6 Å². The summed E-state index contributed by atoms with van der Waals surface area (Å²) in [5.74, 6) is -0.940. The molecule has 0 spiro atoms. The van der Waals surface area contributed by atoms with Gasteiger partial charge in [0.05, 0.1) is 16.8 Å². The lowest BCUT2D eigenvalue weighted by Crippen LogP contribution is -2.02. The predicted molar refractivity (Wildman–Crippen MR) is 81.4 cm³/mol. The summed E-state index contributed by atoms with van der Waals surface area (Å²) < 4.78 is 0. The normalized spacial score (nSPS) is 10.8. The molecule has 0 aliphatic heterocycles. The summed E-state index contributed by atoms with van der Waals surface area (Å²) in [6.07, 6.45) is 3.34. The maximum absolute atomic E-state index is 11.6. The van der Waals surface area contributed by atoms with Gasteiger partial charge in [0.1, 0.15) is 0 Å². The van der Waals surface area contributed by atoms with Crippen LogP contribution in [0.15, 0.2) is 42.7 Å². The number of fused-ring (bicyclic) bond motifs is 1. The molecule has 0 aliphatic rings. The Hall–Kier alpha value is -2.75. The highest BCUT2D eigenvalue weighted by Crippen LogP contribution is 2.27. The molecule has 3 aromatic rings. The minimum Gasteiger partial charge on any atom is -0.478 e. The number of carboxylic acids is 1. The minimum atomic E-state index is -0.940. The molecule has 0 radical (unpaired) electrons. The second-order valence-corrected chi connectivity index (χ2v) is 5.07. The average Bonchev–Trinajstić information content (AvgIpc) is 2.46. The topological polar surface area (TPSA) is 63.1 Å². The summed E-state index contributed by atoms with van der Waals surface area (Å²) in [4.78, 5) is 20.2. The van der Waals surface area contributed by atoms with Crippen molar-refractivity contribution in [3.63, 3.8) is 0 Å². The summed E-state index contributed by atoms with van der Waals surface area (Å²) in [5, 5.41) is 10.2. The standard InChI is InChI=1S/C17H14N2O2/c1-10-7-11(2)16-13(17(20)21)9-14(19-15(16)8-10)12-3-5-18-6-4-12/h3-9H,1-2H3,(H,20,21). The van der Waals surface area contributed by atoms with Crippen molar-refractivity contribution in [2.24, 2.45) is 0 Å². The average molecular weight is 278 g/mol. The summed E-state index contributed by atoms with van der Waals surface area (Å²) in [7, 11) is 0. The van der Waals surface area contributed by atoms with Crippen LogP contribution in [-0.2, 0) is 0 Å². The first-order valence-electron chi connectivity index (χ1n) is 6.62. The highest BCUT2D eigenvalue weighted by atomic mass is 16.4. The van der Waals surface area contributed by atoms with Crippen LogP contribution in [0.3, 0.4) is 0 Å². The number of hydrogen-bond donors (Lipinski definition) is 1. The number of carboxylic acid groups (broad SMARTS) is 1. The number of carbonyl (C=O) groups is 1. The van der Waals surface area contributed by atoms with E-state index in [9.17, 15) is 9.90 Å². The van der Waals surface area contributed by atoms with Crippen LogP contribution in [0.1, 0.15) is 21.5 Å². The third kappa shape index (κ3) is 2.36. The molecular formula is C17H14N2O2. The highest BCUT2D eigenvalue weighted by Gasteiger charge is 2.15. The minimum absolute atomic E-state index is 0.282. The van der Waals surface area contributed by atoms with Crippen LogP contribution in [0.5, 0.6) is 0 Å². The molecule has 0 saturated carbocycles. The highest BCUT2D eigenvalue weighted by molar-refractivity contribution is 6.05. The van der Waals surface area contributed by atoms with Gasteiger partial charge in [-0.1, -0.05) is 6.07 Å². The number of pyridine rings is 2. The second kappa shape index (κ2) is 4.98. The smallest absolute Gasteiger partial charge is 0.336 e. The van der Waals surface area contributed by atoms with Crippen molar-refractivity contribution in [3.8, 4) is 11.3 Å². The molecule has 2 aromatic heterocycles. The van der Waals surface area contributed by atoms with Crippen molar-refractivity contribution in [3.05, 3.63) is 59.4 Å². The lowest BCUT2D eigenvalue weighted by molar-refractivity contribution is 0.0699. The molecule has 0 aliphatic carbocycles. The van der Waals surface area contributed by atoms with Gasteiger partial charge < -0.3 is 5.11 Å². The van der Waals surface area contributed by atoms with Crippen molar-refractivity contribution in [2.45, 2.75) is 13.8 Å². The van der Waals surface area contributed by atoms with E-state index >= 15 is 0 Å². The van der Waals surface area contributed by atoms with Crippen LogP contribution in [0.25, 0.3) is 22.2 Å². The lowest BCUT2D eigenvalue weighted by atomic mass is 9.99. The molecule has 2 heterocycles. The quantitative estimate of drug-likeness (QED) is 0.777. The molecular weight excluding hydrogens is 264 g/mol. The maximum atomic E-state index is 11.6. The fraction of sp³-hybridized carbons (Fsp3) is 0.118. The number of aryl methyl sites for hydroxylation is 2. The molecule has 4 heteroatoms. The van der Waals surface area contributed by atoms with E-state index in [2.05, 4.69) is 9.97 Å². The SMILES string of the molecule is Cc1cc(C)c2c(C(=O)O)cc(-c3ccncc3)nc2c1. The van der Waals surface area contributed by atoms with Gasteiger partial charge in [0.15, 0.2) is 0 Å². The first-order valence-corrected chi connectivity index (χ1v) is 6.62. The van der Waals surface area contributed by atoms with Crippen molar-refractivity contribution in [1.29, 1.82) is 0 Å². The first kappa shape index (κ1) is 13.2. The molecule has 0 atom stereocenters. The second-order valence-electron chi connectivity index (χ2n) is 5.07. The molecule has 0 amide bonds. The van der Waals surface area contributed by atoms with E-state index in [1.165, 1.54) is 0 Å². The number of rotatable bonds is 2. The van der Waals surface area contributed by atoms with Gasteiger partial charge in [0.2, 0.25) is 0 Å². The molecule has 0 saturated heterocycles.